The Labute approximate surface area is 170 Å². The number of aliphatic hydroxyl groups excluding tert-OH is 1. The van der Waals surface area contributed by atoms with Crippen molar-refractivity contribution in [3.05, 3.63) is 54.0 Å². The fraction of sp³-hybridized carbons (Fsp3) is 0.400. The highest BCUT2D eigenvalue weighted by Crippen LogP contribution is 2.46. The lowest BCUT2D eigenvalue weighted by Gasteiger charge is -2.37. The van der Waals surface area contributed by atoms with Crippen molar-refractivity contribution in [3.63, 3.8) is 0 Å². The summed E-state index contributed by atoms with van der Waals surface area (Å²) in [4.78, 5) is 8.07. The molecule has 1 fully saturated rings. The van der Waals surface area contributed by atoms with Crippen LogP contribution in [-0.4, -0.2) is 47.7 Å². The molecule has 30 heavy (non-hydrogen) atoms. The highest BCUT2D eigenvalue weighted by Gasteiger charge is 2.59. The number of benzene rings is 1. The van der Waals surface area contributed by atoms with Gasteiger partial charge in [-0.05, 0) is 31.5 Å². The lowest BCUT2D eigenvalue weighted by atomic mass is 9.79. The summed E-state index contributed by atoms with van der Waals surface area (Å²) < 4.78 is 33.7. The minimum atomic E-state index is -2.72. The van der Waals surface area contributed by atoms with Gasteiger partial charge in [0.2, 0.25) is 0 Å². The first-order valence-corrected chi connectivity index (χ1v) is 9.29. The maximum absolute atomic E-state index is 13.1. The molecular formula is C20H22F2N4O4. The van der Waals surface area contributed by atoms with E-state index in [9.17, 15) is 24.1 Å². The molecule has 8 nitrogen and oxygen atoms in total. The zero-order chi connectivity index (χ0) is 21.8. The van der Waals surface area contributed by atoms with Crippen molar-refractivity contribution in [1.29, 1.82) is 0 Å². The second-order valence-electron chi connectivity index (χ2n) is 7.87. The van der Waals surface area contributed by atoms with Crippen molar-refractivity contribution in [3.8, 4) is 0 Å². The number of anilines is 1. The summed E-state index contributed by atoms with van der Waals surface area (Å²) in [5.41, 5.74) is 2.28. The molecule has 1 aliphatic heterocycles. The number of aromatic nitrogens is 3. The number of hydrogen-bond acceptors (Lipinski definition) is 7. The Morgan fingerprint density at radius 2 is 2.03 bits per heavy atom. The number of rotatable bonds is 4. The molecule has 1 saturated heterocycles. The summed E-state index contributed by atoms with van der Waals surface area (Å²) in [6, 6.07) is 6.90. The number of nitrogen functional groups attached to an aromatic ring is 1. The molecule has 1 aromatic carbocycles. The molecule has 10 heteroatoms. The lowest BCUT2D eigenvalue weighted by molar-refractivity contribution is -0.161. The van der Waals surface area contributed by atoms with Crippen molar-refractivity contribution < 1.29 is 28.8 Å². The van der Waals surface area contributed by atoms with Crippen LogP contribution in [0.25, 0.3) is 11.0 Å². The first-order valence-electron chi connectivity index (χ1n) is 9.29. The van der Waals surface area contributed by atoms with E-state index in [0.717, 1.165) is 6.07 Å². The Bertz CT molecular complexity index is 1090. The third kappa shape index (κ3) is 3.03. The fourth-order valence-corrected chi connectivity index (χ4v) is 4.05. The number of alkyl halides is 2. The maximum Gasteiger partial charge on any atom is 0.263 e. The second-order valence-corrected chi connectivity index (χ2v) is 7.87. The molecule has 0 spiro atoms. The molecule has 5 atom stereocenters. The monoisotopic (exact) mass is 420 g/mol. The summed E-state index contributed by atoms with van der Waals surface area (Å²) >= 11 is 0. The first kappa shape index (κ1) is 20.6. The molecule has 3 aromatic rings. The van der Waals surface area contributed by atoms with Gasteiger partial charge >= 0.3 is 0 Å². The largest absolute Gasteiger partial charge is 0.385 e. The third-order valence-corrected chi connectivity index (χ3v) is 5.72. The predicted octanol–water partition coefficient (Wildman–Crippen LogP) is 1.87. The van der Waals surface area contributed by atoms with Crippen molar-refractivity contribution in [1.82, 2.24) is 14.5 Å². The molecule has 4 rings (SSSR count). The average Bonchev–Trinajstić information content (AvgIpc) is 3.22. The van der Waals surface area contributed by atoms with E-state index < -0.39 is 36.1 Å². The summed E-state index contributed by atoms with van der Waals surface area (Å²) in [6.45, 7) is 2.67. The molecule has 0 saturated carbocycles. The van der Waals surface area contributed by atoms with Crippen LogP contribution in [-0.2, 0) is 10.3 Å². The minimum Gasteiger partial charge on any atom is -0.385 e. The number of nitrogens with zero attached hydrogens (tertiary/aromatic N) is 3. The highest BCUT2D eigenvalue weighted by molar-refractivity contribution is 5.86. The van der Waals surface area contributed by atoms with Gasteiger partial charge < -0.3 is 30.4 Å². The Hall–Kier alpha value is -2.66. The van der Waals surface area contributed by atoms with Gasteiger partial charge in [-0.15, -0.1) is 0 Å². The topological polar surface area (TPSA) is 127 Å². The quantitative estimate of drug-likeness (QED) is 0.507. The fourth-order valence-electron chi connectivity index (χ4n) is 4.05. The molecule has 1 aliphatic rings. The van der Waals surface area contributed by atoms with Crippen LogP contribution in [0, 0.1) is 0 Å². The summed E-state index contributed by atoms with van der Waals surface area (Å²) in [7, 11) is 0. The van der Waals surface area contributed by atoms with Crippen LogP contribution < -0.4 is 5.73 Å². The van der Waals surface area contributed by atoms with Crippen molar-refractivity contribution in [2.45, 2.75) is 49.9 Å². The lowest BCUT2D eigenvalue weighted by Crippen LogP contribution is -2.53. The number of fused-ring (bicyclic) bond motifs is 1. The smallest absolute Gasteiger partial charge is 0.263 e. The van der Waals surface area contributed by atoms with Crippen LogP contribution in [0.3, 0.4) is 0 Å². The van der Waals surface area contributed by atoms with E-state index in [1.54, 1.807) is 12.3 Å². The van der Waals surface area contributed by atoms with Crippen LogP contribution in [0.5, 0.6) is 0 Å². The molecule has 5 N–H and O–H groups in total. The van der Waals surface area contributed by atoms with Gasteiger partial charge in [-0.25, -0.2) is 18.7 Å². The van der Waals surface area contributed by atoms with Gasteiger partial charge in [0.25, 0.3) is 6.43 Å². The van der Waals surface area contributed by atoms with Crippen molar-refractivity contribution in [2.75, 3.05) is 5.73 Å². The summed E-state index contributed by atoms with van der Waals surface area (Å²) in [5.74, 6) is 0.241. The van der Waals surface area contributed by atoms with Crippen LogP contribution in [0.15, 0.2) is 42.9 Å². The molecule has 160 valence electrons. The first-order chi connectivity index (χ1) is 14.0. The van der Waals surface area contributed by atoms with E-state index >= 15 is 0 Å². The normalized spacial score (nSPS) is 28.9. The van der Waals surface area contributed by atoms with Gasteiger partial charge in [-0.3, -0.25) is 0 Å². The average molecular weight is 420 g/mol. The number of hydrogen-bond donors (Lipinski definition) is 4. The van der Waals surface area contributed by atoms with E-state index in [2.05, 4.69) is 9.97 Å². The summed E-state index contributed by atoms with van der Waals surface area (Å²) in [5, 5.41) is 33.6. The summed E-state index contributed by atoms with van der Waals surface area (Å²) in [6.07, 6.45) is -3.79. The maximum atomic E-state index is 13.1. The number of halogens is 2. The van der Waals surface area contributed by atoms with E-state index in [1.807, 2.05) is 0 Å². The van der Waals surface area contributed by atoms with Crippen molar-refractivity contribution >= 4 is 16.9 Å². The Balaban J connectivity index is 1.74. The SMILES string of the molecule is CC(O)(c1cccc(C(F)F)c1)[C@H]1O[C@@H](n2ccc3c(N)ncnc32)[C@H](O)[C@]1(C)O. The molecule has 3 heterocycles. The second kappa shape index (κ2) is 6.95. The molecular weight excluding hydrogens is 398 g/mol. The van der Waals surface area contributed by atoms with Gasteiger partial charge in [0.05, 0.1) is 5.39 Å². The minimum absolute atomic E-state index is 0.127. The third-order valence-electron chi connectivity index (χ3n) is 5.72. The van der Waals surface area contributed by atoms with Gasteiger partial charge in [-0.2, -0.15) is 0 Å². The standard InChI is InChI=1S/C20H22F2N4O4/c1-19(28,11-5-3-4-10(8-11)14(21)22)18-20(2,29)13(27)17(30-18)26-7-6-12-15(23)24-9-25-16(12)26/h3-9,13-14,17-18,27-29H,1-2H3,(H2,23,24,25)/t13-,17+,18+,19?,20-/m0/s1. The molecule has 1 unspecified atom stereocenters. The Kier molecular flexibility index (Phi) is 4.77. The van der Waals surface area contributed by atoms with Crippen LogP contribution >= 0.6 is 0 Å². The van der Waals surface area contributed by atoms with Crippen LogP contribution in [0.2, 0.25) is 0 Å². The van der Waals surface area contributed by atoms with Gasteiger partial charge in [0.15, 0.2) is 6.23 Å². The number of aliphatic hydroxyl groups is 3. The number of nitrogens with two attached hydrogens (primary N) is 1. The van der Waals surface area contributed by atoms with Gasteiger partial charge in [-0.1, -0.05) is 18.2 Å². The van der Waals surface area contributed by atoms with Crippen molar-refractivity contribution in [2.24, 2.45) is 0 Å². The molecule has 0 bridgehead atoms. The molecule has 0 amide bonds. The number of ether oxygens (including phenoxy) is 1. The zero-order valence-corrected chi connectivity index (χ0v) is 16.3. The van der Waals surface area contributed by atoms with E-state index in [1.165, 1.54) is 42.9 Å². The van der Waals surface area contributed by atoms with Crippen LogP contribution in [0.1, 0.15) is 37.6 Å². The molecule has 0 radical (unpaired) electrons. The Morgan fingerprint density at radius 3 is 2.73 bits per heavy atom. The zero-order valence-electron chi connectivity index (χ0n) is 16.3. The highest BCUT2D eigenvalue weighted by atomic mass is 19.3. The molecule has 0 aliphatic carbocycles. The van der Waals surface area contributed by atoms with Crippen LogP contribution in [0.4, 0.5) is 14.6 Å². The molecule has 2 aromatic heterocycles. The van der Waals surface area contributed by atoms with Gasteiger partial charge in [0.1, 0.15) is 41.2 Å². The predicted molar refractivity (Wildman–Crippen MR) is 103 cm³/mol. The van der Waals surface area contributed by atoms with E-state index in [4.69, 9.17) is 10.5 Å². The van der Waals surface area contributed by atoms with E-state index in [0.29, 0.717) is 11.0 Å². The Morgan fingerprint density at radius 1 is 1.30 bits per heavy atom. The van der Waals surface area contributed by atoms with Gasteiger partial charge in [0, 0.05) is 11.8 Å². The van der Waals surface area contributed by atoms with E-state index in [-0.39, 0.29) is 16.9 Å².